The second-order valence-corrected chi connectivity index (χ2v) is 3.93. The SMILES string of the molecule is COC(=O)c1ccc(Br)c(COC(C)=O)c1. The average Bonchev–Trinajstić information content (AvgIpc) is 2.26. The average molecular weight is 287 g/mol. The quantitative estimate of drug-likeness (QED) is 0.800. The van der Waals surface area contributed by atoms with E-state index in [2.05, 4.69) is 20.7 Å². The number of benzene rings is 1. The fourth-order valence-corrected chi connectivity index (χ4v) is 1.47. The molecule has 0 aliphatic rings. The van der Waals surface area contributed by atoms with Gasteiger partial charge in [-0.2, -0.15) is 0 Å². The lowest BCUT2D eigenvalue weighted by atomic mass is 10.1. The van der Waals surface area contributed by atoms with Crippen LogP contribution < -0.4 is 0 Å². The molecule has 1 aromatic rings. The molecule has 0 amide bonds. The number of rotatable bonds is 3. The number of hydrogen-bond donors (Lipinski definition) is 0. The van der Waals surface area contributed by atoms with Gasteiger partial charge in [0, 0.05) is 17.0 Å². The Kier molecular flexibility index (Phi) is 4.49. The van der Waals surface area contributed by atoms with Crippen LogP contribution in [0.2, 0.25) is 0 Å². The number of hydrogen-bond acceptors (Lipinski definition) is 4. The van der Waals surface area contributed by atoms with Gasteiger partial charge in [0.05, 0.1) is 12.7 Å². The molecule has 0 saturated carbocycles. The van der Waals surface area contributed by atoms with Gasteiger partial charge in [0.25, 0.3) is 0 Å². The molecule has 0 bridgehead atoms. The highest BCUT2D eigenvalue weighted by Crippen LogP contribution is 2.19. The summed E-state index contributed by atoms with van der Waals surface area (Å²) in [5, 5.41) is 0. The van der Waals surface area contributed by atoms with E-state index in [1.54, 1.807) is 18.2 Å². The number of esters is 2. The molecule has 5 heteroatoms. The van der Waals surface area contributed by atoms with E-state index in [-0.39, 0.29) is 12.6 Å². The van der Waals surface area contributed by atoms with Crippen molar-refractivity contribution in [1.82, 2.24) is 0 Å². The van der Waals surface area contributed by atoms with E-state index in [0.717, 1.165) is 10.0 Å². The zero-order valence-corrected chi connectivity index (χ0v) is 10.5. The van der Waals surface area contributed by atoms with Gasteiger partial charge in [0.2, 0.25) is 0 Å². The van der Waals surface area contributed by atoms with E-state index < -0.39 is 5.97 Å². The Balaban J connectivity index is 2.90. The molecule has 4 nitrogen and oxygen atoms in total. The van der Waals surface area contributed by atoms with E-state index in [0.29, 0.717) is 5.56 Å². The van der Waals surface area contributed by atoms with Gasteiger partial charge in [-0.05, 0) is 18.2 Å². The van der Waals surface area contributed by atoms with Crippen LogP contribution in [0.4, 0.5) is 0 Å². The van der Waals surface area contributed by atoms with Crippen molar-refractivity contribution < 1.29 is 19.1 Å². The minimum Gasteiger partial charge on any atom is -0.465 e. The smallest absolute Gasteiger partial charge is 0.337 e. The molecule has 0 heterocycles. The predicted molar refractivity (Wildman–Crippen MR) is 61.0 cm³/mol. The molecule has 16 heavy (non-hydrogen) atoms. The van der Waals surface area contributed by atoms with Crippen LogP contribution >= 0.6 is 15.9 Å². The third-order valence-electron chi connectivity index (χ3n) is 1.90. The van der Waals surface area contributed by atoms with Crippen molar-refractivity contribution in [2.24, 2.45) is 0 Å². The van der Waals surface area contributed by atoms with Crippen LogP contribution in [0.25, 0.3) is 0 Å². The molecular formula is C11H11BrO4. The van der Waals surface area contributed by atoms with Crippen LogP contribution in [-0.4, -0.2) is 19.0 Å². The molecule has 1 aromatic carbocycles. The molecule has 0 aromatic heterocycles. The summed E-state index contributed by atoms with van der Waals surface area (Å²) < 4.78 is 10.2. The lowest BCUT2D eigenvalue weighted by Gasteiger charge is -2.06. The molecule has 0 N–H and O–H groups in total. The van der Waals surface area contributed by atoms with Crippen LogP contribution in [0.3, 0.4) is 0 Å². The van der Waals surface area contributed by atoms with Crippen LogP contribution in [-0.2, 0) is 20.9 Å². The first kappa shape index (κ1) is 12.7. The molecule has 0 radical (unpaired) electrons. The summed E-state index contributed by atoms with van der Waals surface area (Å²) in [6.07, 6.45) is 0. The number of methoxy groups -OCH3 is 1. The maximum absolute atomic E-state index is 11.3. The van der Waals surface area contributed by atoms with E-state index in [1.165, 1.54) is 14.0 Å². The highest BCUT2D eigenvalue weighted by Gasteiger charge is 2.09. The zero-order chi connectivity index (χ0) is 12.1. The van der Waals surface area contributed by atoms with Crippen molar-refractivity contribution in [3.8, 4) is 0 Å². The van der Waals surface area contributed by atoms with E-state index >= 15 is 0 Å². The first-order valence-electron chi connectivity index (χ1n) is 4.54. The van der Waals surface area contributed by atoms with Gasteiger partial charge in [-0.15, -0.1) is 0 Å². The van der Waals surface area contributed by atoms with Gasteiger partial charge in [0.15, 0.2) is 0 Å². The molecular weight excluding hydrogens is 276 g/mol. The Bertz CT molecular complexity index is 414. The lowest BCUT2D eigenvalue weighted by Crippen LogP contribution is -2.04. The van der Waals surface area contributed by atoms with E-state index in [1.807, 2.05) is 0 Å². The monoisotopic (exact) mass is 286 g/mol. The second kappa shape index (κ2) is 5.65. The number of ether oxygens (including phenoxy) is 2. The standard InChI is InChI=1S/C11H11BrO4/c1-7(13)16-6-9-5-8(11(14)15-2)3-4-10(9)12/h3-5H,6H2,1-2H3. The molecule has 0 fully saturated rings. The molecule has 0 unspecified atom stereocenters. The van der Waals surface area contributed by atoms with Gasteiger partial charge in [-0.3, -0.25) is 4.79 Å². The summed E-state index contributed by atoms with van der Waals surface area (Å²) in [6.45, 7) is 1.46. The van der Waals surface area contributed by atoms with Crippen LogP contribution in [0.5, 0.6) is 0 Å². The van der Waals surface area contributed by atoms with Crippen molar-refractivity contribution in [2.45, 2.75) is 13.5 Å². The molecule has 86 valence electrons. The lowest BCUT2D eigenvalue weighted by molar-refractivity contribution is -0.142. The Morgan fingerprint density at radius 3 is 2.62 bits per heavy atom. The molecule has 1 rings (SSSR count). The Labute approximate surface area is 102 Å². The predicted octanol–water partition coefficient (Wildman–Crippen LogP) is 2.30. The largest absolute Gasteiger partial charge is 0.465 e. The van der Waals surface area contributed by atoms with Crippen molar-refractivity contribution in [2.75, 3.05) is 7.11 Å². The Hall–Kier alpha value is -1.36. The van der Waals surface area contributed by atoms with Crippen molar-refractivity contribution in [3.05, 3.63) is 33.8 Å². The van der Waals surface area contributed by atoms with Crippen LogP contribution in [0, 0.1) is 0 Å². The van der Waals surface area contributed by atoms with Crippen molar-refractivity contribution in [1.29, 1.82) is 0 Å². The van der Waals surface area contributed by atoms with Gasteiger partial charge >= 0.3 is 11.9 Å². The van der Waals surface area contributed by atoms with Gasteiger partial charge in [-0.25, -0.2) is 4.79 Å². The maximum atomic E-state index is 11.3. The molecule has 0 saturated heterocycles. The van der Waals surface area contributed by atoms with Gasteiger partial charge in [0.1, 0.15) is 6.61 Å². The fourth-order valence-electron chi connectivity index (χ4n) is 1.11. The topological polar surface area (TPSA) is 52.6 Å². The highest BCUT2D eigenvalue weighted by molar-refractivity contribution is 9.10. The fraction of sp³-hybridized carbons (Fsp3) is 0.273. The zero-order valence-electron chi connectivity index (χ0n) is 8.95. The summed E-state index contributed by atoms with van der Waals surface area (Å²) in [6, 6.07) is 4.97. The minimum absolute atomic E-state index is 0.126. The van der Waals surface area contributed by atoms with E-state index in [9.17, 15) is 9.59 Å². The second-order valence-electron chi connectivity index (χ2n) is 3.08. The molecule has 0 aliphatic carbocycles. The highest BCUT2D eigenvalue weighted by atomic mass is 79.9. The van der Waals surface area contributed by atoms with Crippen molar-refractivity contribution in [3.63, 3.8) is 0 Å². The molecule has 0 spiro atoms. The summed E-state index contributed by atoms with van der Waals surface area (Å²) in [5.74, 6) is -0.785. The third-order valence-corrected chi connectivity index (χ3v) is 2.67. The minimum atomic E-state index is -0.420. The normalized spacial score (nSPS) is 9.69. The van der Waals surface area contributed by atoms with Crippen molar-refractivity contribution >= 4 is 27.9 Å². The van der Waals surface area contributed by atoms with Gasteiger partial charge in [-0.1, -0.05) is 15.9 Å². The summed E-state index contributed by atoms with van der Waals surface area (Å²) in [4.78, 5) is 21.9. The Morgan fingerprint density at radius 1 is 1.38 bits per heavy atom. The first-order valence-corrected chi connectivity index (χ1v) is 5.34. The summed E-state index contributed by atoms with van der Waals surface area (Å²) >= 11 is 3.31. The number of carbonyl (C=O) groups excluding carboxylic acids is 2. The van der Waals surface area contributed by atoms with Crippen LogP contribution in [0.1, 0.15) is 22.8 Å². The van der Waals surface area contributed by atoms with Crippen LogP contribution in [0.15, 0.2) is 22.7 Å². The number of halogens is 1. The summed E-state index contributed by atoms with van der Waals surface area (Å²) in [7, 11) is 1.32. The molecule has 0 atom stereocenters. The third kappa shape index (κ3) is 3.34. The first-order chi connectivity index (χ1) is 7.54. The van der Waals surface area contributed by atoms with Gasteiger partial charge < -0.3 is 9.47 Å². The summed E-state index contributed by atoms with van der Waals surface area (Å²) in [5.41, 5.74) is 1.14. The Morgan fingerprint density at radius 2 is 2.06 bits per heavy atom. The maximum Gasteiger partial charge on any atom is 0.337 e. The van der Waals surface area contributed by atoms with E-state index in [4.69, 9.17) is 4.74 Å². The number of carbonyl (C=O) groups is 2. The molecule has 0 aliphatic heterocycles.